The van der Waals surface area contributed by atoms with E-state index in [4.69, 9.17) is 0 Å². The number of benzene rings is 4. The molecule has 0 fully saturated rings. The van der Waals surface area contributed by atoms with Gasteiger partial charge in [-0.3, -0.25) is 0 Å². The average Bonchev–Trinajstić information content (AvgIpc) is 3.62. The van der Waals surface area contributed by atoms with E-state index in [0.29, 0.717) is 3.63 Å². The Kier molecular flexibility index (Phi) is 7.42. The molecule has 7 rings (SSSR count). The average molecular weight is 617 g/mol. The number of hydrogen-bond acceptors (Lipinski definition) is 0. The zero-order valence-corrected chi connectivity index (χ0v) is 26.3. The molecular formula is C33H30Cl2SiZr-2. The molecule has 0 nitrogen and oxygen atoms in total. The third-order valence-electron chi connectivity index (χ3n) is 8.78. The summed E-state index contributed by atoms with van der Waals surface area (Å²) in [5.41, 5.74) is 12.2. The first-order valence-electron chi connectivity index (χ1n) is 13.0. The van der Waals surface area contributed by atoms with Gasteiger partial charge in [-0.25, -0.2) is 0 Å². The summed E-state index contributed by atoms with van der Waals surface area (Å²) in [6, 6.07) is 32.8. The van der Waals surface area contributed by atoms with Crippen molar-refractivity contribution in [2.75, 3.05) is 0 Å². The molecule has 4 aromatic rings. The van der Waals surface area contributed by atoms with Crippen molar-refractivity contribution in [1.82, 2.24) is 0 Å². The molecule has 3 aliphatic carbocycles. The molecular weight excluding hydrogens is 587 g/mol. The van der Waals surface area contributed by atoms with Crippen molar-refractivity contribution in [2.24, 2.45) is 0 Å². The van der Waals surface area contributed by atoms with E-state index >= 15 is 0 Å². The number of allylic oxidation sites excluding steroid dienone is 4. The van der Waals surface area contributed by atoms with Gasteiger partial charge in [0.1, 0.15) is 0 Å². The largest absolute Gasteiger partial charge is 1.00 e. The second kappa shape index (κ2) is 10.3. The second-order valence-electron chi connectivity index (χ2n) is 10.7. The van der Waals surface area contributed by atoms with E-state index in [1.807, 2.05) is 0 Å². The van der Waals surface area contributed by atoms with E-state index < -0.39 is 25.4 Å². The maximum absolute atomic E-state index is 3.21. The smallest absolute Gasteiger partial charge is 1.00 e. The molecule has 37 heavy (non-hydrogen) atoms. The third-order valence-corrected chi connectivity index (χ3v) is 40.2. The van der Waals surface area contributed by atoms with Crippen molar-refractivity contribution in [3.8, 4) is 22.3 Å². The number of hydrogen-bond donors (Lipinski definition) is 0. The summed E-state index contributed by atoms with van der Waals surface area (Å²) in [5.74, 6) is -1.08. The Bertz CT molecular complexity index is 1440. The van der Waals surface area contributed by atoms with Crippen LogP contribution in [-0.4, -0.2) is 5.92 Å². The standard InChI is InChI=1S/2C13H9.C5H5.C2H7Si.2ClH.Zr/c2*1-3-7-12-10(5-1)9-11-6-2-4-8-13(11)12;1-2-4-5-3-1;1-3-2;;;/h2*1-5,7-8H,9H2;1-5H;3H,1-2H3;2*1H;/p-2. The molecule has 0 amide bonds. The first-order chi connectivity index (χ1) is 17.2. The van der Waals surface area contributed by atoms with E-state index in [1.54, 1.807) is 17.7 Å². The van der Waals surface area contributed by atoms with E-state index in [1.165, 1.54) is 33.4 Å². The molecule has 0 aliphatic heterocycles. The van der Waals surface area contributed by atoms with Crippen LogP contribution in [0, 0.1) is 0 Å². The Hall–Kier alpha value is -1.96. The first-order valence-corrected chi connectivity index (χ1v) is 24.0. The third kappa shape index (κ3) is 3.87. The maximum atomic E-state index is 2.67. The normalized spacial score (nSPS) is 14.6. The van der Waals surface area contributed by atoms with Gasteiger partial charge in [-0.2, -0.15) is 0 Å². The Morgan fingerprint density at radius 3 is 1.46 bits per heavy atom. The Balaban J connectivity index is 0.00000140. The van der Waals surface area contributed by atoms with Crippen LogP contribution in [-0.2, 0) is 32.3 Å². The Morgan fingerprint density at radius 1 is 0.568 bits per heavy atom. The molecule has 0 heterocycles. The fraction of sp³-hybridized carbons (Fsp3) is 0.152. The molecule has 4 aromatic carbocycles. The second-order valence-corrected chi connectivity index (χ2v) is 35.4. The van der Waals surface area contributed by atoms with Crippen molar-refractivity contribution in [3.63, 3.8) is 0 Å². The zero-order valence-electron chi connectivity index (χ0n) is 21.2. The summed E-state index contributed by atoms with van der Waals surface area (Å²) in [6.45, 7) is 5.33. The van der Waals surface area contributed by atoms with E-state index in [9.17, 15) is 0 Å². The van der Waals surface area contributed by atoms with Crippen LogP contribution in [0.4, 0.5) is 0 Å². The van der Waals surface area contributed by atoms with Crippen LogP contribution in [0.3, 0.4) is 0 Å². The van der Waals surface area contributed by atoms with Crippen LogP contribution >= 0.6 is 0 Å². The zero-order chi connectivity index (χ0) is 23.6. The van der Waals surface area contributed by atoms with Crippen molar-refractivity contribution in [1.29, 1.82) is 0 Å². The van der Waals surface area contributed by atoms with E-state index in [0.717, 1.165) is 12.8 Å². The predicted molar refractivity (Wildman–Crippen MR) is 150 cm³/mol. The quantitative estimate of drug-likeness (QED) is 0.258. The summed E-state index contributed by atoms with van der Waals surface area (Å²) >= 11 is -3.21. The van der Waals surface area contributed by atoms with Gasteiger partial charge in [-0.1, -0.05) is 0 Å². The fourth-order valence-electron chi connectivity index (χ4n) is 7.34. The Labute approximate surface area is 238 Å². The first kappa shape index (κ1) is 26.6. The fourth-order valence-corrected chi connectivity index (χ4v) is 38.6. The SMILES string of the molecule is C[SiH](C)[Zr]([c]1cccc2c1Cc1ccccc1-2)([c]1cccc2c1Cc1ccccc1-2)[CH]1C=CC=C1.[Cl-].[Cl-]. The van der Waals surface area contributed by atoms with Crippen LogP contribution in [0.25, 0.3) is 22.3 Å². The molecule has 4 heteroatoms. The van der Waals surface area contributed by atoms with Gasteiger partial charge in [-0.15, -0.1) is 0 Å². The monoisotopic (exact) mass is 614 g/mol. The van der Waals surface area contributed by atoms with Gasteiger partial charge in [0, 0.05) is 0 Å². The molecule has 186 valence electrons. The summed E-state index contributed by atoms with van der Waals surface area (Å²) in [7, 11) is 0. The summed E-state index contributed by atoms with van der Waals surface area (Å²) in [4.78, 5) is 0. The summed E-state index contributed by atoms with van der Waals surface area (Å²) < 4.78 is 4.15. The molecule has 0 saturated heterocycles. The molecule has 3 aliphatic rings. The maximum Gasteiger partial charge on any atom is -1.00 e. The molecule has 0 saturated carbocycles. The van der Waals surface area contributed by atoms with E-state index in [-0.39, 0.29) is 24.8 Å². The number of halogens is 2. The molecule has 0 aromatic heterocycles. The summed E-state index contributed by atoms with van der Waals surface area (Å²) in [6.07, 6.45) is 12.0. The minimum atomic E-state index is -3.21. The number of rotatable bonds is 4. The summed E-state index contributed by atoms with van der Waals surface area (Å²) in [5, 5.41) is 0. The topological polar surface area (TPSA) is 0 Å². The molecule has 0 atom stereocenters. The molecule has 0 bridgehead atoms. The predicted octanol–water partition coefficient (Wildman–Crippen LogP) is 0.840. The van der Waals surface area contributed by atoms with Crippen LogP contribution in [0.15, 0.2) is 109 Å². The molecule has 0 spiro atoms. The Morgan fingerprint density at radius 2 is 1.00 bits per heavy atom. The van der Waals surface area contributed by atoms with Crippen molar-refractivity contribution < 1.29 is 44.2 Å². The van der Waals surface area contributed by atoms with Crippen LogP contribution in [0.2, 0.25) is 16.7 Å². The van der Waals surface area contributed by atoms with Crippen molar-refractivity contribution >= 4 is 12.5 Å². The molecule has 0 radical (unpaired) electrons. The minimum absolute atomic E-state index is 0. The minimum Gasteiger partial charge on any atom is -1.00 e. The van der Waals surface area contributed by atoms with Crippen molar-refractivity contribution in [3.05, 3.63) is 131 Å². The van der Waals surface area contributed by atoms with Crippen LogP contribution < -0.4 is 31.4 Å². The van der Waals surface area contributed by atoms with Crippen LogP contribution in [0.5, 0.6) is 0 Å². The van der Waals surface area contributed by atoms with Gasteiger partial charge in [0.15, 0.2) is 0 Å². The van der Waals surface area contributed by atoms with Gasteiger partial charge >= 0.3 is 215 Å². The number of fused-ring (bicyclic) bond motifs is 6. The van der Waals surface area contributed by atoms with Gasteiger partial charge < -0.3 is 24.8 Å². The van der Waals surface area contributed by atoms with Gasteiger partial charge in [-0.05, 0) is 0 Å². The van der Waals surface area contributed by atoms with Gasteiger partial charge in [0.25, 0.3) is 0 Å². The molecule has 0 unspecified atom stereocenters. The van der Waals surface area contributed by atoms with Crippen LogP contribution in [0.1, 0.15) is 22.3 Å². The van der Waals surface area contributed by atoms with Gasteiger partial charge in [0.2, 0.25) is 0 Å². The van der Waals surface area contributed by atoms with Crippen molar-refractivity contribution in [2.45, 2.75) is 29.6 Å². The molecule has 0 N–H and O–H groups in total. The van der Waals surface area contributed by atoms with E-state index in [2.05, 4.69) is 122 Å². The van der Waals surface area contributed by atoms with Gasteiger partial charge in [0.05, 0.1) is 0 Å².